The molecule has 1 aliphatic rings. The largest absolute Gasteiger partial charge is 0.481 e. The van der Waals surface area contributed by atoms with Gasteiger partial charge in [0.15, 0.2) is 6.10 Å². The van der Waals surface area contributed by atoms with Crippen LogP contribution in [-0.2, 0) is 24.3 Å². The van der Waals surface area contributed by atoms with Gasteiger partial charge in [-0.1, -0.05) is 78.4 Å². The summed E-state index contributed by atoms with van der Waals surface area (Å²) in [6.07, 6.45) is 0.286. The van der Waals surface area contributed by atoms with Crippen molar-refractivity contribution in [3.8, 4) is 5.75 Å². The first-order chi connectivity index (χ1) is 18.5. The molecule has 0 spiro atoms. The quantitative estimate of drug-likeness (QED) is 0.301. The molecule has 2 atom stereocenters. The van der Waals surface area contributed by atoms with E-state index in [0.717, 1.165) is 25.1 Å². The van der Waals surface area contributed by atoms with Crippen LogP contribution in [0.4, 0.5) is 4.39 Å². The number of nitrogens with one attached hydrogen (secondary N) is 1. The predicted molar refractivity (Wildman–Crippen MR) is 148 cm³/mol. The van der Waals surface area contributed by atoms with Gasteiger partial charge in [-0.15, -0.1) is 0 Å². The Morgan fingerprint density at radius 2 is 1.76 bits per heavy atom. The molecule has 5 rings (SSSR count). The Bertz CT molecular complexity index is 1390. The molecule has 0 aliphatic carbocycles. The van der Waals surface area contributed by atoms with Crippen LogP contribution in [0.1, 0.15) is 46.3 Å². The van der Waals surface area contributed by atoms with Gasteiger partial charge in [0.05, 0.1) is 6.04 Å². The van der Waals surface area contributed by atoms with Crippen molar-refractivity contribution in [2.75, 3.05) is 6.54 Å². The highest BCUT2D eigenvalue weighted by molar-refractivity contribution is 5.80. The molecule has 4 aromatic carbocycles. The average molecular weight is 509 g/mol. The van der Waals surface area contributed by atoms with Gasteiger partial charge in [-0.05, 0) is 72.4 Å². The van der Waals surface area contributed by atoms with E-state index >= 15 is 0 Å². The van der Waals surface area contributed by atoms with E-state index in [4.69, 9.17) is 4.74 Å². The SMILES string of the molecule is Cc1cccc(CN2CCc3ccc(OC(C)C(=O)NCc4ccc(F)cc4)cc3C2c2ccccc2)c1. The summed E-state index contributed by atoms with van der Waals surface area (Å²) in [5.41, 5.74) is 7.15. The van der Waals surface area contributed by atoms with Crippen LogP contribution >= 0.6 is 0 Å². The minimum absolute atomic E-state index is 0.0895. The second-order valence-corrected chi connectivity index (χ2v) is 9.99. The Morgan fingerprint density at radius 3 is 2.53 bits per heavy atom. The highest BCUT2D eigenvalue weighted by Gasteiger charge is 2.29. The minimum atomic E-state index is -0.671. The van der Waals surface area contributed by atoms with Gasteiger partial charge in [0.25, 0.3) is 5.91 Å². The van der Waals surface area contributed by atoms with Gasteiger partial charge in [0.1, 0.15) is 11.6 Å². The number of hydrogen-bond acceptors (Lipinski definition) is 3. The molecular formula is C33H33FN2O2. The van der Waals surface area contributed by atoms with Crippen molar-refractivity contribution < 1.29 is 13.9 Å². The second-order valence-electron chi connectivity index (χ2n) is 9.99. The van der Waals surface area contributed by atoms with Gasteiger partial charge in [-0.3, -0.25) is 9.69 Å². The van der Waals surface area contributed by atoms with Crippen molar-refractivity contribution in [2.24, 2.45) is 0 Å². The van der Waals surface area contributed by atoms with E-state index in [1.54, 1.807) is 19.1 Å². The number of fused-ring (bicyclic) bond motifs is 1. The molecule has 38 heavy (non-hydrogen) atoms. The molecular weight excluding hydrogens is 475 g/mol. The number of carbonyl (C=O) groups is 1. The average Bonchev–Trinajstić information content (AvgIpc) is 2.93. The van der Waals surface area contributed by atoms with Crippen molar-refractivity contribution in [3.63, 3.8) is 0 Å². The fraction of sp³-hybridized carbons (Fsp3) is 0.242. The standard InChI is InChI=1S/C33H33FN2O2/c1-23-7-6-8-26(19-23)22-36-18-17-27-13-16-30(20-31(27)32(36)28-9-4-3-5-10-28)38-24(2)33(37)35-21-25-11-14-29(34)15-12-25/h3-16,19-20,24,32H,17-18,21-22H2,1-2H3,(H,35,37). The van der Waals surface area contributed by atoms with Gasteiger partial charge < -0.3 is 10.1 Å². The van der Waals surface area contributed by atoms with Crippen LogP contribution < -0.4 is 10.1 Å². The first-order valence-electron chi connectivity index (χ1n) is 13.1. The van der Waals surface area contributed by atoms with Crippen LogP contribution in [0, 0.1) is 12.7 Å². The van der Waals surface area contributed by atoms with E-state index in [2.05, 4.69) is 77.8 Å². The zero-order chi connectivity index (χ0) is 26.5. The van der Waals surface area contributed by atoms with Crippen molar-refractivity contribution in [3.05, 3.63) is 136 Å². The van der Waals surface area contributed by atoms with Gasteiger partial charge in [0, 0.05) is 19.6 Å². The van der Waals surface area contributed by atoms with Crippen LogP contribution in [0.3, 0.4) is 0 Å². The van der Waals surface area contributed by atoms with E-state index in [9.17, 15) is 9.18 Å². The number of carbonyl (C=O) groups excluding carboxylic acids is 1. The van der Waals surface area contributed by atoms with E-state index in [0.29, 0.717) is 12.3 Å². The molecule has 1 heterocycles. The Morgan fingerprint density at radius 1 is 0.974 bits per heavy atom. The van der Waals surface area contributed by atoms with Crippen LogP contribution in [0.25, 0.3) is 0 Å². The highest BCUT2D eigenvalue weighted by Crippen LogP contribution is 2.38. The van der Waals surface area contributed by atoms with Crippen LogP contribution in [-0.4, -0.2) is 23.5 Å². The lowest BCUT2D eigenvalue weighted by atomic mass is 9.87. The van der Waals surface area contributed by atoms with E-state index in [-0.39, 0.29) is 17.8 Å². The molecule has 4 nitrogen and oxygen atoms in total. The zero-order valence-electron chi connectivity index (χ0n) is 21.9. The number of nitrogens with zero attached hydrogens (tertiary/aromatic N) is 1. The van der Waals surface area contributed by atoms with Crippen LogP contribution in [0.2, 0.25) is 0 Å². The maximum Gasteiger partial charge on any atom is 0.261 e. The summed E-state index contributed by atoms with van der Waals surface area (Å²) < 4.78 is 19.3. The van der Waals surface area contributed by atoms with Gasteiger partial charge in [-0.25, -0.2) is 4.39 Å². The summed E-state index contributed by atoms with van der Waals surface area (Å²) >= 11 is 0. The van der Waals surface area contributed by atoms with E-state index < -0.39 is 6.10 Å². The van der Waals surface area contributed by atoms with Gasteiger partial charge in [0.2, 0.25) is 0 Å². The molecule has 0 fully saturated rings. The lowest BCUT2D eigenvalue weighted by Gasteiger charge is -2.38. The first-order valence-corrected chi connectivity index (χ1v) is 13.1. The topological polar surface area (TPSA) is 41.6 Å². The molecule has 0 saturated heterocycles. The van der Waals surface area contributed by atoms with Crippen LogP contribution in [0.5, 0.6) is 5.75 Å². The van der Waals surface area contributed by atoms with Crippen LogP contribution in [0.15, 0.2) is 97.1 Å². The molecule has 0 bridgehead atoms. The minimum Gasteiger partial charge on any atom is -0.481 e. The molecule has 5 heteroatoms. The fourth-order valence-corrected chi connectivity index (χ4v) is 5.15. The Balaban J connectivity index is 1.35. The number of rotatable bonds is 8. The third-order valence-electron chi connectivity index (χ3n) is 7.09. The summed E-state index contributed by atoms with van der Waals surface area (Å²) in [4.78, 5) is 15.2. The normalized spacial score (nSPS) is 15.9. The number of halogens is 1. The van der Waals surface area contributed by atoms with E-state index in [1.165, 1.54) is 39.9 Å². The predicted octanol–water partition coefficient (Wildman–Crippen LogP) is 6.37. The summed E-state index contributed by atoms with van der Waals surface area (Å²) in [5.74, 6) is 0.162. The van der Waals surface area contributed by atoms with Crippen molar-refractivity contribution >= 4 is 5.91 Å². The third kappa shape index (κ3) is 6.12. The number of ether oxygens (including phenoxy) is 1. The third-order valence-corrected chi connectivity index (χ3v) is 7.09. The molecule has 1 N–H and O–H groups in total. The molecule has 4 aromatic rings. The summed E-state index contributed by atoms with van der Waals surface area (Å²) in [5, 5.41) is 2.88. The first kappa shape index (κ1) is 25.7. The van der Waals surface area contributed by atoms with E-state index in [1.807, 2.05) is 12.1 Å². The maximum absolute atomic E-state index is 13.2. The zero-order valence-corrected chi connectivity index (χ0v) is 21.9. The number of aryl methyl sites for hydroxylation is 1. The molecule has 1 amide bonds. The number of amides is 1. The number of hydrogen-bond donors (Lipinski definition) is 1. The fourth-order valence-electron chi connectivity index (χ4n) is 5.15. The molecule has 0 saturated carbocycles. The van der Waals surface area contributed by atoms with Gasteiger partial charge >= 0.3 is 0 Å². The molecule has 0 radical (unpaired) electrons. The van der Waals surface area contributed by atoms with Crippen molar-refractivity contribution in [2.45, 2.75) is 45.5 Å². The Labute approximate surface area is 224 Å². The lowest BCUT2D eigenvalue weighted by molar-refractivity contribution is -0.127. The Hall–Kier alpha value is -3.96. The van der Waals surface area contributed by atoms with Crippen molar-refractivity contribution in [1.82, 2.24) is 10.2 Å². The maximum atomic E-state index is 13.2. The smallest absolute Gasteiger partial charge is 0.261 e. The molecule has 0 aromatic heterocycles. The summed E-state index contributed by atoms with van der Waals surface area (Å²) in [6.45, 7) is 6.01. The summed E-state index contributed by atoms with van der Waals surface area (Å²) in [7, 11) is 0. The summed E-state index contributed by atoms with van der Waals surface area (Å²) in [6, 6.07) is 31.7. The number of benzene rings is 4. The monoisotopic (exact) mass is 508 g/mol. The highest BCUT2D eigenvalue weighted by atomic mass is 19.1. The molecule has 2 unspecified atom stereocenters. The molecule has 1 aliphatic heterocycles. The lowest BCUT2D eigenvalue weighted by Crippen LogP contribution is -2.37. The van der Waals surface area contributed by atoms with Crippen molar-refractivity contribution in [1.29, 1.82) is 0 Å². The van der Waals surface area contributed by atoms with Gasteiger partial charge in [-0.2, -0.15) is 0 Å². The molecule has 194 valence electrons. The second kappa shape index (κ2) is 11.6. The Kier molecular flexibility index (Phi) is 7.85.